The Morgan fingerprint density at radius 2 is 1.12 bits per heavy atom. The van der Waals surface area contributed by atoms with E-state index in [1.807, 2.05) is 67.6 Å². The Bertz CT molecular complexity index is 686. The van der Waals surface area contributed by atoms with Crippen LogP contribution in [0, 0.1) is 18.2 Å². The molecule has 3 aromatic rings. The van der Waals surface area contributed by atoms with Crippen molar-refractivity contribution in [3.8, 4) is 5.75 Å². The summed E-state index contributed by atoms with van der Waals surface area (Å²) in [5.74, 6) is 0.913. The standard InChI is InChI=1S/C10H14N.C8H10N.C8H9O.3Y/c1-3-11(4-2)10-8-6-5-7-9-10;2*1-2-9-8-6-4-3-5-7-8;;;/h6-9H,3-4H2,1-2H3;4-7,9H,2H2,1H3;4-7H,2H2,1H3;;;/q3*-1;;;. The van der Waals surface area contributed by atoms with Gasteiger partial charge in [-0.3, -0.25) is 0 Å². The minimum Gasteiger partial charge on any atom is -0.519 e. The van der Waals surface area contributed by atoms with Gasteiger partial charge in [-0.2, -0.15) is 54.6 Å². The molecule has 0 amide bonds. The molecule has 3 rings (SSSR count). The number of rotatable bonds is 7. The van der Waals surface area contributed by atoms with Crippen molar-refractivity contribution < 1.29 is 103 Å². The smallest absolute Gasteiger partial charge is 0.0822 e. The van der Waals surface area contributed by atoms with Crippen molar-refractivity contribution in [2.24, 2.45) is 0 Å². The van der Waals surface area contributed by atoms with Crippen molar-refractivity contribution in [3.63, 3.8) is 0 Å². The van der Waals surface area contributed by atoms with Crippen LogP contribution in [0.5, 0.6) is 5.75 Å². The summed E-state index contributed by atoms with van der Waals surface area (Å²) in [4.78, 5) is 2.31. The molecule has 3 nitrogen and oxygen atoms in total. The maximum atomic E-state index is 5.19. The number of nitrogens with zero attached hydrogens (tertiary/aromatic N) is 1. The maximum absolute atomic E-state index is 5.19. The van der Waals surface area contributed by atoms with Crippen LogP contribution in [0.2, 0.25) is 0 Å². The number of benzene rings is 3. The van der Waals surface area contributed by atoms with Gasteiger partial charge >= 0.3 is 0 Å². The SMILES string of the molecule is CCN(CC)c1cc[c-]cc1.CCNc1cc[c-]cc1.CCOc1cc[c-]cc1.[Y].[Y].[Y]. The minimum absolute atomic E-state index is 0. The fraction of sp³-hybridized carbons (Fsp3) is 0.308. The summed E-state index contributed by atoms with van der Waals surface area (Å²) in [6, 6.07) is 32.2. The third-order valence-electron chi connectivity index (χ3n) is 3.93. The molecule has 0 aliphatic carbocycles. The van der Waals surface area contributed by atoms with Crippen LogP contribution in [-0.2, 0) is 98.1 Å². The first-order chi connectivity index (χ1) is 14.2. The Kier molecular flexibility index (Phi) is 30.0. The first-order valence-corrected chi connectivity index (χ1v) is 10.2. The van der Waals surface area contributed by atoms with Crippen molar-refractivity contribution in [1.82, 2.24) is 0 Å². The fourth-order valence-corrected chi connectivity index (χ4v) is 2.52. The van der Waals surface area contributed by atoms with Crippen molar-refractivity contribution in [3.05, 3.63) is 91.0 Å². The summed E-state index contributed by atoms with van der Waals surface area (Å²) in [5, 5.41) is 3.19. The molecule has 0 aliphatic rings. The molecular weight excluding hydrogens is 623 g/mol. The Labute approximate surface area is 271 Å². The number of ether oxygens (including phenoxy) is 1. The van der Waals surface area contributed by atoms with Crippen LogP contribution in [0.15, 0.2) is 72.8 Å². The van der Waals surface area contributed by atoms with Gasteiger partial charge in [0.1, 0.15) is 0 Å². The van der Waals surface area contributed by atoms with Crippen LogP contribution in [0.3, 0.4) is 0 Å². The molecule has 3 radical (unpaired) electrons. The van der Waals surface area contributed by atoms with Gasteiger partial charge in [-0.1, -0.05) is 11.4 Å². The largest absolute Gasteiger partial charge is 0.519 e. The summed E-state index contributed by atoms with van der Waals surface area (Å²) in [5.41, 5.74) is 2.45. The van der Waals surface area contributed by atoms with Crippen molar-refractivity contribution in [2.75, 3.05) is 36.5 Å². The summed E-state index contributed by atoms with van der Waals surface area (Å²) in [6.07, 6.45) is 0. The fourth-order valence-electron chi connectivity index (χ4n) is 2.52. The first-order valence-electron chi connectivity index (χ1n) is 10.2. The second-order valence-electron chi connectivity index (χ2n) is 5.92. The van der Waals surface area contributed by atoms with E-state index in [4.69, 9.17) is 4.74 Å². The summed E-state index contributed by atoms with van der Waals surface area (Å²) in [6.45, 7) is 12.2. The zero-order chi connectivity index (χ0) is 21.2. The van der Waals surface area contributed by atoms with Gasteiger partial charge in [0, 0.05) is 124 Å². The zero-order valence-corrected chi connectivity index (χ0v) is 28.4. The van der Waals surface area contributed by atoms with Crippen LogP contribution >= 0.6 is 0 Å². The van der Waals surface area contributed by atoms with Gasteiger partial charge in [-0.15, -0.1) is 36.4 Å². The third-order valence-corrected chi connectivity index (χ3v) is 3.93. The van der Waals surface area contributed by atoms with E-state index in [1.54, 1.807) is 0 Å². The molecule has 165 valence electrons. The quantitative estimate of drug-likeness (QED) is 0.310. The normalized spacial score (nSPS) is 8.38. The Morgan fingerprint density at radius 3 is 1.53 bits per heavy atom. The molecule has 0 heterocycles. The van der Waals surface area contributed by atoms with Gasteiger partial charge in [-0.05, 0) is 27.7 Å². The van der Waals surface area contributed by atoms with E-state index in [1.165, 1.54) is 5.69 Å². The van der Waals surface area contributed by atoms with Crippen molar-refractivity contribution in [2.45, 2.75) is 27.7 Å². The molecule has 0 saturated carbocycles. The van der Waals surface area contributed by atoms with Gasteiger partial charge in [0.05, 0.1) is 6.61 Å². The van der Waals surface area contributed by atoms with E-state index in [9.17, 15) is 0 Å². The average molecular weight is 656 g/mol. The number of hydrogen-bond acceptors (Lipinski definition) is 3. The number of anilines is 2. The monoisotopic (exact) mass is 656 g/mol. The van der Waals surface area contributed by atoms with Crippen LogP contribution in [0.4, 0.5) is 11.4 Å². The van der Waals surface area contributed by atoms with Gasteiger partial charge in [0.15, 0.2) is 0 Å². The van der Waals surface area contributed by atoms with E-state index in [-0.39, 0.29) is 98.1 Å². The van der Waals surface area contributed by atoms with Crippen molar-refractivity contribution in [1.29, 1.82) is 0 Å². The van der Waals surface area contributed by atoms with E-state index < -0.39 is 0 Å². The average Bonchev–Trinajstić information content (AvgIpc) is 2.78. The molecule has 3 aromatic carbocycles. The first kappa shape index (κ1) is 36.9. The molecule has 0 aromatic heterocycles. The van der Waals surface area contributed by atoms with Crippen LogP contribution < -0.4 is 15.0 Å². The molecular formula is C26H33N2OY3-3. The van der Waals surface area contributed by atoms with E-state index >= 15 is 0 Å². The molecule has 0 saturated heterocycles. The summed E-state index contributed by atoms with van der Waals surface area (Å²) >= 11 is 0. The topological polar surface area (TPSA) is 24.5 Å². The second kappa shape index (κ2) is 26.0. The molecule has 0 atom stereocenters. The van der Waals surface area contributed by atoms with Gasteiger partial charge in [-0.25, -0.2) is 0 Å². The predicted molar refractivity (Wildman–Crippen MR) is 125 cm³/mol. The van der Waals surface area contributed by atoms with E-state index in [2.05, 4.69) is 61.3 Å². The molecule has 0 bridgehead atoms. The Morgan fingerprint density at radius 1 is 0.688 bits per heavy atom. The Balaban J connectivity index is -0.000000379. The minimum atomic E-state index is 0. The number of hydrogen-bond donors (Lipinski definition) is 1. The van der Waals surface area contributed by atoms with Gasteiger partial charge < -0.3 is 15.0 Å². The van der Waals surface area contributed by atoms with Gasteiger partial charge in [0.2, 0.25) is 0 Å². The second-order valence-corrected chi connectivity index (χ2v) is 5.92. The Hall–Kier alpha value is 0.372. The number of nitrogens with one attached hydrogen (secondary N) is 1. The molecule has 0 fully saturated rings. The molecule has 0 spiro atoms. The van der Waals surface area contributed by atoms with E-state index in [0.29, 0.717) is 0 Å². The van der Waals surface area contributed by atoms with E-state index in [0.717, 1.165) is 37.7 Å². The zero-order valence-electron chi connectivity index (χ0n) is 19.8. The van der Waals surface area contributed by atoms with Crippen LogP contribution in [-0.4, -0.2) is 26.2 Å². The molecule has 0 unspecified atom stereocenters. The molecule has 6 heteroatoms. The molecule has 0 aliphatic heterocycles. The van der Waals surface area contributed by atoms with Crippen molar-refractivity contribution >= 4 is 11.4 Å². The third kappa shape index (κ3) is 17.8. The summed E-state index contributed by atoms with van der Waals surface area (Å²) < 4.78 is 5.19. The molecule has 1 N–H and O–H groups in total. The van der Waals surface area contributed by atoms with Crippen LogP contribution in [0.25, 0.3) is 0 Å². The maximum Gasteiger partial charge on any atom is 0.0822 e. The van der Waals surface area contributed by atoms with Crippen LogP contribution in [0.1, 0.15) is 27.7 Å². The molecule has 32 heavy (non-hydrogen) atoms. The van der Waals surface area contributed by atoms with Gasteiger partial charge in [0.25, 0.3) is 0 Å². The summed E-state index contributed by atoms with van der Waals surface area (Å²) in [7, 11) is 0. The predicted octanol–water partition coefficient (Wildman–Crippen LogP) is 6.13.